The number of ether oxygens (including phenoxy) is 2. The van der Waals surface area contributed by atoms with Gasteiger partial charge in [-0.05, 0) is 36.2 Å². The first kappa shape index (κ1) is 15.2. The second kappa shape index (κ2) is 5.96. The van der Waals surface area contributed by atoms with Gasteiger partial charge in [-0.15, -0.1) is 0 Å². The molecule has 1 aromatic heterocycles. The third-order valence-corrected chi connectivity index (χ3v) is 4.99. The number of amides is 1. The van der Waals surface area contributed by atoms with Crippen LogP contribution in [0, 0.1) is 0 Å². The smallest absolute Gasteiger partial charge is 0.257 e. The number of thiazole rings is 1. The molecular weight excluding hydrogens is 348 g/mol. The Balaban J connectivity index is 1.61. The maximum atomic E-state index is 12.5. The average molecular weight is 361 g/mol. The van der Waals surface area contributed by atoms with E-state index >= 15 is 0 Å². The Bertz CT molecular complexity index is 954. The van der Waals surface area contributed by atoms with Crippen molar-refractivity contribution in [2.45, 2.75) is 13.3 Å². The lowest BCUT2D eigenvalue weighted by Gasteiger charge is -2.04. The molecule has 2 heterocycles. The van der Waals surface area contributed by atoms with Gasteiger partial charge in [-0.1, -0.05) is 35.9 Å². The van der Waals surface area contributed by atoms with Gasteiger partial charge in [-0.2, -0.15) is 0 Å². The van der Waals surface area contributed by atoms with E-state index < -0.39 is 0 Å². The third kappa shape index (κ3) is 2.68. The molecule has 122 valence electrons. The Morgan fingerprint density at radius 1 is 1.33 bits per heavy atom. The van der Waals surface area contributed by atoms with Gasteiger partial charge >= 0.3 is 0 Å². The van der Waals surface area contributed by atoms with E-state index in [9.17, 15) is 4.79 Å². The van der Waals surface area contributed by atoms with E-state index in [2.05, 4.69) is 23.3 Å². The molecule has 0 atom stereocenters. The van der Waals surface area contributed by atoms with Crippen molar-refractivity contribution in [3.63, 3.8) is 0 Å². The van der Waals surface area contributed by atoms with Crippen LogP contribution in [0.3, 0.4) is 0 Å². The zero-order chi connectivity index (χ0) is 16.7. The van der Waals surface area contributed by atoms with Gasteiger partial charge in [0.1, 0.15) is 0 Å². The number of hydrogen-bond acceptors (Lipinski definition) is 5. The molecule has 0 saturated carbocycles. The number of fused-ring (bicyclic) bond motifs is 2. The number of aromatic nitrogens is 1. The number of rotatable bonds is 3. The topological polar surface area (TPSA) is 60.5 Å². The van der Waals surface area contributed by atoms with Crippen LogP contribution in [-0.2, 0) is 6.42 Å². The number of nitrogens with one attached hydrogen (secondary N) is 1. The molecule has 2 aromatic carbocycles. The Kier molecular flexibility index (Phi) is 3.78. The fourth-order valence-corrected chi connectivity index (χ4v) is 3.70. The largest absolute Gasteiger partial charge is 0.454 e. The summed E-state index contributed by atoms with van der Waals surface area (Å²) >= 11 is 7.57. The second-order valence-electron chi connectivity index (χ2n) is 5.32. The molecule has 0 aliphatic carbocycles. The lowest BCUT2D eigenvalue weighted by atomic mass is 10.2. The van der Waals surface area contributed by atoms with Crippen molar-refractivity contribution in [2.75, 3.05) is 12.1 Å². The van der Waals surface area contributed by atoms with Crippen LogP contribution < -0.4 is 14.8 Å². The molecule has 0 radical (unpaired) electrons. The van der Waals surface area contributed by atoms with Gasteiger partial charge in [-0.3, -0.25) is 10.1 Å². The number of nitrogens with zero attached hydrogens (tertiary/aromatic N) is 1. The Morgan fingerprint density at radius 2 is 2.21 bits per heavy atom. The van der Waals surface area contributed by atoms with Crippen molar-refractivity contribution in [3.05, 3.63) is 46.5 Å². The van der Waals surface area contributed by atoms with Crippen LogP contribution in [0.1, 0.15) is 22.8 Å². The average Bonchev–Trinajstić information content (AvgIpc) is 3.19. The molecule has 5 nitrogen and oxygen atoms in total. The number of aryl methyl sites for hydroxylation is 1. The molecule has 1 N–H and O–H groups in total. The molecule has 0 fully saturated rings. The lowest BCUT2D eigenvalue weighted by molar-refractivity contribution is 0.102. The molecule has 4 rings (SSSR count). The van der Waals surface area contributed by atoms with Gasteiger partial charge in [0.25, 0.3) is 5.91 Å². The Morgan fingerprint density at radius 3 is 3.04 bits per heavy atom. The summed E-state index contributed by atoms with van der Waals surface area (Å²) in [6, 6.07) is 9.29. The first-order valence-corrected chi connectivity index (χ1v) is 8.63. The molecule has 0 saturated heterocycles. The van der Waals surface area contributed by atoms with Crippen LogP contribution in [0.5, 0.6) is 11.5 Å². The molecule has 7 heteroatoms. The van der Waals surface area contributed by atoms with Gasteiger partial charge in [-0.25, -0.2) is 4.98 Å². The second-order valence-corrected chi connectivity index (χ2v) is 6.76. The van der Waals surface area contributed by atoms with E-state index in [4.69, 9.17) is 21.1 Å². The summed E-state index contributed by atoms with van der Waals surface area (Å²) in [5, 5.41) is 3.72. The number of anilines is 1. The maximum Gasteiger partial charge on any atom is 0.257 e. The van der Waals surface area contributed by atoms with Gasteiger partial charge in [0.05, 0.1) is 15.2 Å². The fourth-order valence-electron chi connectivity index (χ4n) is 2.51. The molecule has 24 heavy (non-hydrogen) atoms. The van der Waals surface area contributed by atoms with Crippen LogP contribution in [0.15, 0.2) is 30.3 Å². The van der Waals surface area contributed by atoms with E-state index in [0.29, 0.717) is 27.2 Å². The van der Waals surface area contributed by atoms with Crippen LogP contribution >= 0.6 is 22.9 Å². The van der Waals surface area contributed by atoms with E-state index in [-0.39, 0.29) is 12.7 Å². The van der Waals surface area contributed by atoms with Crippen LogP contribution in [-0.4, -0.2) is 17.7 Å². The minimum absolute atomic E-state index is 0.109. The third-order valence-electron chi connectivity index (χ3n) is 3.77. The highest BCUT2D eigenvalue weighted by molar-refractivity contribution is 7.22. The van der Waals surface area contributed by atoms with Crippen molar-refractivity contribution in [1.29, 1.82) is 0 Å². The minimum atomic E-state index is -0.287. The van der Waals surface area contributed by atoms with Crippen LogP contribution in [0.25, 0.3) is 10.2 Å². The van der Waals surface area contributed by atoms with E-state index in [1.807, 2.05) is 12.1 Å². The Hall–Kier alpha value is -2.31. The number of hydrogen-bond donors (Lipinski definition) is 1. The number of carbonyl (C=O) groups is 1. The highest BCUT2D eigenvalue weighted by Crippen LogP contribution is 2.40. The van der Waals surface area contributed by atoms with Gasteiger partial charge in [0.15, 0.2) is 16.6 Å². The number of benzene rings is 2. The first-order valence-electron chi connectivity index (χ1n) is 7.44. The SMILES string of the molecule is CCc1ccc2nc(NC(=O)c3cc(Cl)c4c(c3)OCO4)sc2c1. The molecular formula is C17H13ClN2O3S. The monoisotopic (exact) mass is 360 g/mol. The van der Waals surface area contributed by atoms with Gasteiger partial charge in [0.2, 0.25) is 6.79 Å². The lowest BCUT2D eigenvalue weighted by Crippen LogP contribution is -2.11. The predicted molar refractivity (Wildman–Crippen MR) is 94.5 cm³/mol. The molecule has 3 aromatic rings. The van der Waals surface area contributed by atoms with Crippen LogP contribution in [0.4, 0.5) is 5.13 Å². The van der Waals surface area contributed by atoms with Crippen molar-refractivity contribution in [3.8, 4) is 11.5 Å². The summed E-state index contributed by atoms with van der Waals surface area (Å²) in [6.07, 6.45) is 0.964. The van der Waals surface area contributed by atoms with E-state index in [1.165, 1.54) is 16.9 Å². The highest BCUT2D eigenvalue weighted by atomic mass is 35.5. The zero-order valence-electron chi connectivity index (χ0n) is 12.8. The van der Waals surface area contributed by atoms with E-state index in [0.717, 1.165) is 16.6 Å². The molecule has 1 aliphatic rings. The quantitative estimate of drug-likeness (QED) is 0.747. The predicted octanol–water partition coefficient (Wildman–Crippen LogP) is 4.49. The summed E-state index contributed by atoms with van der Waals surface area (Å²) in [6.45, 7) is 2.21. The minimum Gasteiger partial charge on any atom is -0.454 e. The summed E-state index contributed by atoms with van der Waals surface area (Å²) in [5.41, 5.74) is 2.51. The molecule has 0 spiro atoms. The maximum absolute atomic E-state index is 12.5. The summed E-state index contributed by atoms with van der Waals surface area (Å²) < 4.78 is 11.6. The highest BCUT2D eigenvalue weighted by Gasteiger charge is 2.21. The molecule has 0 bridgehead atoms. The summed E-state index contributed by atoms with van der Waals surface area (Å²) in [7, 11) is 0. The van der Waals surface area contributed by atoms with Crippen molar-refractivity contribution in [1.82, 2.24) is 4.98 Å². The zero-order valence-corrected chi connectivity index (χ0v) is 14.3. The molecule has 0 unspecified atom stereocenters. The number of halogens is 1. The van der Waals surface area contributed by atoms with Crippen molar-refractivity contribution < 1.29 is 14.3 Å². The first-order chi connectivity index (χ1) is 11.6. The van der Waals surface area contributed by atoms with Crippen LogP contribution in [0.2, 0.25) is 5.02 Å². The van der Waals surface area contributed by atoms with E-state index in [1.54, 1.807) is 12.1 Å². The Labute approximate surface area is 147 Å². The summed E-state index contributed by atoms with van der Waals surface area (Å²) in [4.78, 5) is 16.9. The van der Waals surface area contributed by atoms with Gasteiger partial charge in [0, 0.05) is 5.56 Å². The normalized spacial score (nSPS) is 12.6. The van der Waals surface area contributed by atoms with Crippen molar-refractivity contribution in [2.24, 2.45) is 0 Å². The summed E-state index contributed by atoms with van der Waals surface area (Å²) in [5.74, 6) is 0.662. The van der Waals surface area contributed by atoms with Crippen molar-refractivity contribution >= 4 is 44.2 Å². The molecule has 1 aliphatic heterocycles. The van der Waals surface area contributed by atoms with Gasteiger partial charge < -0.3 is 9.47 Å². The number of carbonyl (C=O) groups excluding carboxylic acids is 1. The fraction of sp³-hybridized carbons (Fsp3) is 0.176. The standard InChI is InChI=1S/C17H13ClN2O3S/c1-2-9-3-4-12-14(5-9)24-17(19-12)20-16(21)10-6-11(18)15-13(7-10)22-8-23-15/h3-7H,2,8H2,1H3,(H,19,20,21). The molecule has 1 amide bonds.